The van der Waals surface area contributed by atoms with E-state index in [-0.39, 0.29) is 10.8 Å². The molecule has 0 aliphatic carbocycles. The fraction of sp³-hybridized carbons (Fsp3) is 0.125. The molecule has 0 fully saturated rings. The first-order chi connectivity index (χ1) is 7.97. The number of hydrogen-bond donors (Lipinski definition) is 2. The van der Waals surface area contributed by atoms with Crippen molar-refractivity contribution < 1.29 is 8.42 Å². The number of imidazole rings is 1. The fourth-order valence-corrected chi connectivity index (χ4v) is 2.26. The number of halogens is 1. The molecule has 0 radical (unpaired) electrons. The van der Waals surface area contributed by atoms with Gasteiger partial charge in [0, 0.05) is 0 Å². The van der Waals surface area contributed by atoms with Crippen LogP contribution < -0.4 is 4.72 Å². The van der Waals surface area contributed by atoms with Gasteiger partial charge in [0.15, 0.2) is 10.8 Å². The Kier molecular flexibility index (Phi) is 3.11. The van der Waals surface area contributed by atoms with Gasteiger partial charge in [0.1, 0.15) is 10.4 Å². The van der Waals surface area contributed by atoms with Gasteiger partial charge in [-0.3, -0.25) is 4.72 Å². The largest absolute Gasteiger partial charge is 0.332 e. The van der Waals surface area contributed by atoms with Crippen LogP contribution in [0.5, 0.6) is 0 Å². The molecule has 2 N–H and O–H groups in total. The molecule has 2 aromatic rings. The van der Waals surface area contributed by atoms with Gasteiger partial charge in [-0.1, -0.05) is 0 Å². The molecule has 0 aliphatic rings. The second kappa shape index (κ2) is 4.41. The highest BCUT2D eigenvalue weighted by atomic mass is 79.9. The highest BCUT2D eigenvalue weighted by molar-refractivity contribution is 9.10. The van der Waals surface area contributed by atoms with Crippen molar-refractivity contribution in [1.29, 1.82) is 0 Å². The molecule has 0 bridgehead atoms. The van der Waals surface area contributed by atoms with Crippen LogP contribution in [-0.4, -0.2) is 28.4 Å². The molecule has 9 heteroatoms. The van der Waals surface area contributed by atoms with Gasteiger partial charge in [0.2, 0.25) is 0 Å². The van der Waals surface area contributed by atoms with E-state index in [1.807, 2.05) is 0 Å². The van der Waals surface area contributed by atoms with Crippen molar-refractivity contribution in [2.45, 2.75) is 11.9 Å². The van der Waals surface area contributed by atoms with Crippen molar-refractivity contribution in [2.75, 3.05) is 4.72 Å². The smallest absolute Gasteiger partial charge is 0.280 e. The van der Waals surface area contributed by atoms with Gasteiger partial charge < -0.3 is 4.98 Å². The summed E-state index contributed by atoms with van der Waals surface area (Å²) in [6.45, 7) is 1.67. The number of rotatable bonds is 3. The molecule has 0 unspecified atom stereocenters. The maximum atomic E-state index is 11.8. The average molecular weight is 318 g/mol. The number of sulfonamides is 1. The van der Waals surface area contributed by atoms with E-state index in [2.05, 4.69) is 40.6 Å². The van der Waals surface area contributed by atoms with Crippen LogP contribution in [0.4, 0.5) is 5.82 Å². The highest BCUT2D eigenvalue weighted by Gasteiger charge is 2.17. The lowest BCUT2D eigenvalue weighted by Gasteiger charge is -2.04. The summed E-state index contributed by atoms with van der Waals surface area (Å²) in [6.07, 6.45) is 3.95. The van der Waals surface area contributed by atoms with Crippen LogP contribution in [0, 0.1) is 6.92 Å². The predicted octanol–water partition coefficient (Wildman–Crippen LogP) is 1.07. The van der Waals surface area contributed by atoms with Crippen molar-refractivity contribution in [1.82, 2.24) is 19.9 Å². The number of hydrogen-bond acceptors (Lipinski definition) is 5. The van der Waals surface area contributed by atoms with Gasteiger partial charge in [0.25, 0.3) is 10.0 Å². The molecule has 17 heavy (non-hydrogen) atoms. The minimum absolute atomic E-state index is 0.0141. The molecule has 2 heterocycles. The standard InChI is InChI=1S/C8H8BrN5O2S/c1-5-10-4-8(13-5)17(15,16)14-7-3-11-6(9)2-12-7/h2-4H,1H3,(H,10,13)(H,12,14). The lowest BCUT2D eigenvalue weighted by Crippen LogP contribution is -2.14. The first kappa shape index (κ1) is 12.0. The molecule has 90 valence electrons. The topological polar surface area (TPSA) is 101 Å². The number of nitrogens with zero attached hydrogens (tertiary/aromatic N) is 3. The van der Waals surface area contributed by atoms with Gasteiger partial charge >= 0.3 is 0 Å². The van der Waals surface area contributed by atoms with Crippen LogP contribution in [0.25, 0.3) is 0 Å². The molecule has 0 amide bonds. The van der Waals surface area contributed by atoms with Crippen molar-refractivity contribution in [3.05, 3.63) is 29.0 Å². The molecule has 2 aromatic heterocycles. The molecule has 0 saturated carbocycles. The molecule has 7 nitrogen and oxygen atoms in total. The van der Waals surface area contributed by atoms with E-state index >= 15 is 0 Å². The average Bonchev–Trinajstić information content (AvgIpc) is 2.69. The minimum Gasteiger partial charge on any atom is -0.332 e. The number of H-pyrrole nitrogens is 1. The third-order valence-corrected chi connectivity index (χ3v) is 3.50. The fourth-order valence-electron chi connectivity index (χ4n) is 1.09. The molecular formula is C8H8BrN5O2S. The number of aromatic nitrogens is 4. The van der Waals surface area contributed by atoms with Crippen LogP contribution in [0.3, 0.4) is 0 Å². The van der Waals surface area contributed by atoms with Crippen LogP contribution >= 0.6 is 15.9 Å². The SMILES string of the molecule is Cc1ncc(S(=O)(=O)Nc2cnc(Br)cn2)[nH]1. The minimum atomic E-state index is -3.69. The molecule has 0 aromatic carbocycles. The molecule has 0 spiro atoms. The Balaban J connectivity index is 2.26. The Morgan fingerprint density at radius 2 is 2.00 bits per heavy atom. The summed E-state index contributed by atoms with van der Waals surface area (Å²) in [6, 6.07) is 0. The van der Waals surface area contributed by atoms with Gasteiger partial charge in [-0.15, -0.1) is 0 Å². The zero-order chi connectivity index (χ0) is 12.5. The predicted molar refractivity (Wildman–Crippen MR) is 63.9 cm³/mol. The number of aromatic amines is 1. The quantitative estimate of drug-likeness (QED) is 0.881. The second-order valence-corrected chi connectivity index (χ2v) is 5.63. The van der Waals surface area contributed by atoms with Gasteiger partial charge in [-0.05, 0) is 22.9 Å². The van der Waals surface area contributed by atoms with E-state index in [4.69, 9.17) is 0 Å². The maximum Gasteiger partial charge on any atom is 0.280 e. The van der Waals surface area contributed by atoms with Crippen molar-refractivity contribution >= 4 is 31.8 Å². The summed E-state index contributed by atoms with van der Waals surface area (Å²) < 4.78 is 26.5. The van der Waals surface area contributed by atoms with Gasteiger partial charge in [0.05, 0.1) is 18.6 Å². The summed E-state index contributed by atoms with van der Waals surface area (Å²) in [7, 11) is -3.69. The van der Waals surface area contributed by atoms with E-state index in [0.717, 1.165) is 0 Å². The zero-order valence-corrected chi connectivity index (χ0v) is 11.1. The molecular weight excluding hydrogens is 310 g/mol. The van der Waals surface area contributed by atoms with Crippen LogP contribution in [0.2, 0.25) is 0 Å². The summed E-state index contributed by atoms with van der Waals surface area (Å²) in [5, 5.41) is -0.0141. The first-order valence-electron chi connectivity index (χ1n) is 4.49. The summed E-state index contributed by atoms with van der Waals surface area (Å²) in [5.41, 5.74) is 0. The van der Waals surface area contributed by atoms with Gasteiger partial charge in [-0.25, -0.2) is 15.0 Å². The number of nitrogens with one attached hydrogen (secondary N) is 2. The van der Waals surface area contributed by atoms with Gasteiger partial charge in [-0.2, -0.15) is 8.42 Å². The first-order valence-corrected chi connectivity index (χ1v) is 6.77. The second-order valence-electron chi connectivity index (χ2n) is 3.16. The Hall–Kier alpha value is -1.48. The van der Waals surface area contributed by atoms with Crippen molar-refractivity contribution in [3.8, 4) is 0 Å². The zero-order valence-electron chi connectivity index (χ0n) is 8.68. The van der Waals surface area contributed by atoms with E-state index in [9.17, 15) is 8.42 Å². The Morgan fingerprint density at radius 3 is 2.53 bits per heavy atom. The molecule has 0 atom stereocenters. The Labute approximate surface area is 106 Å². The number of anilines is 1. The van der Waals surface area contributed by atoms with E-state index in [0.29, 0.717) is 10.4 Å². The summed E-state index contributed by atoms with van der Waals surface area (Å²) in [4.78, 5) is 14.2. The third kappa shape index (κ3) is 2.80. The number of aryl methyl sites for hydroxylation is 1. The Bertz CT molecular complexity index is 622. The summed E-state index contributed by atoms with van der Waals surface area (Å²) in [5.74, 6) is 0.660. The molecule has 0 aliphatic heterocycles. The van der Waals surface area contributed by atoms with Crippen LogP contribution in [-0.2, 0) is 10.0 Å². The molecule has 2 rings (SSSR count). The third-order valence-electron chi connectivity index (χ3n) is 1.83. The Morgan fingerprint density at radius 1 is 1.24 bits per heavy atom. The van der Waals surface area contributed by atoms with Crippen molar-refractivity contribution in [3.63, 3.8) is 0 Å². The normalized spacial score (nSPS) is 11.4. The van der Waals surface area contributed by atoms with Crippen LogP contribution in [0.1, 0.15) is 5.82 Å². The summed E-state index contributed by atoms with van der Waals surface area (Å²) >= 11 is 3.11. The lowest BCUT2D eigenvalue weighted by molar-refractivity contribution is 0.598. The van der Waals surface area contributed by atoms with E-state index in [1.165, 1.54) is 18.6 Å². The monoisotopic (exact) mass is 317 g/mol. The highest BCUT2D eigenvalue weighted by Crippen LogP contribution is 2.12. The molecule has 0 saturated heterocycles. The van der Waals surface area contributed by atoms with Crippen molar-refractivity contribution in [2.24, 2.45) is 0 Å². The lowest BCUT2D eigenvalue weighted by atomic mass is 10.7. The van der Waals surface area contributed by atoms with E-state index < -0.39 is 10.0 Å². The van der Waals surface area contributed by atoms with Crippen LogP contribution in [0.15, 0.2) is 28.2 Å². The maximum absolute atomic E-state index is 11.8. The van der Waals surface area contributed by atoms with E-state index in [1.54, 1.807) is 6.92 Å².